The van der Waals surface area contributed by atoms with Crippen LogP contribution in [0.1, 0.15) is 23.2 Å². The van der Waals surface area contributed by atoms with Crippen molar-refractivity contribution in [2.75, 3.05) is 33.7 Å². The Morgan fingerprint density at radius 1 is 1.40 bits per heavy atom. The van der Waals surface area contributed by atoms with E-state index in [-0.39, 0.29) is 10.4 Å². The van der Waals surface area contributed by atoms with Gasteiger partial charge >= 0.3 is 0 Å². The summed E-state index contributed by atoms with van der Waals surface area (Å²) in [7, 11) is 4.14. The van der Waals surface area contributed by atoms with Crippen molar-refractivity contribution < 1.29 is 9.18 Å². The normalized spacial score (nSPS) is 16.8. The fourth-order valence-corrected chi connectivity index (χ4v) is 3.11. The van der Waals surface area contributed by atoms with Crippen LogP contribution in [0.2, 0.25) is 0 Å². The molecular weight excluding hydrogens is 323 g/mol. The van der Waals surface area contributed by atoms with Gasteiger partial charge in [-0.15, -0.1) is 0 Å². The van der Waals surface area contributed by atoms with E-state index < -0.39 is 5.82 Å². The molecule has 0 saturated carbocycles. The Hall–Kier alpha value is -0.940. The van der Waals surface area contributed by atoms with Crippen LogP contribution in [0.15, 0.2) is 22.7 Å². The van der Waals surface area contributed by atoms with E-state index in [4.69, 9.17) is 0 Å². The van der Waals surface area contributed by atoms with Crippen molar-refractivity contribution in [3.63, 3.8) is 0 Å². The minimum absolute atomic E-state index is 0.0836. The summed E-state index contributed by atoms with van der Waals surface area (Å²) in [5.74, 6) is 0.169. The van der Waals surface area contributed by atoms with Gasteiger partial charge in [-0.25, -0.2) is 4.39 Å². The monoisotopic (exact) mass is 342 g/mol. The van der Waals surface area contributed by atoms with Gasteiger partial charge in [-0.3, -0.25) is 4.79 Å². The second kappa shape index (κ2) is 6.68. The number of rotatable bonds is 3. The highest BCUT2D eigenvalue weighted by atomic mass is 79.9. The standard InChI is InChI=1S/C15H20BrFN2O/c1-18(2)10-11-6-8-19(9-7-11)15(20)12-4-3-5-13(17)14(12)16/h3-5,11H,6-10H2,1-2H3. The van der Waals surface area contributed by atoms with E-state index in [0.717, 1.165) is 32.5 Å². The molecule has 0 N–H and O–H groups in total. The molecule has 0 spiro atoms. The molecule has 0 unspecified atom stereocenters. The van der Waals surface area contributed by atoms with Gasteiger partial charge in [0.1, 0.15) is 5.82 Å². The maximum Gasteiger partial charge on any atom is 0.255 e. The molecule has 1 amide bonds. The lowest BCUT2D eigenvalue weighted by molar-refractivity contribution is 0.0676. The van der Waals surface area contributed by atoms with Gasteiger partial charge in [0.05, 0.1) is 10.0 Å². The summed E-state index contributed by atoms with van der Waals surface area (Å²) in [5, 5.41) is 0. The number of hydrogen-bond acceptors (Lipinski definition) is 2. The van der Waals surface area contributed by atoms with E-state index in [1.165, 1.54) is 6.07 Å². The number of likely N-dealkylation sites (tertiary alicyclic amines) is 1. The average Bonchev–Trinajstić information content (AvgIpc) is 2.41. The maximum atomic E-state index is 13.5. The Kier molecular flexibility index (Phi) is 5.16. The van der Waals surface area contributed by atoms with Gasteiger partial charge in [-0.05, 0) is 60.9 Å². The highest BCUT2D eigenvalue weighted by Gasteiger charge is 2.25. The molecule has 0 bridgehead atoms. The Bertz CT molecular complexity index is 485. The molecule has 0 atom stereocenters. The summed E-state index contributed by atoms with van der Waals surface area (Å²) in [6.07, 6.45) is 2.02. The van der Waals surface area contributed by atoms with Gasteiger partial charge < -0.3 is 9.80 Å². The van der Waals surface area contributed by atoms with Crippen LogP contribution >= 0.6 is 15.9 Å². The number of piperidine rings is 1. The lowest BCUT2D eigenvalue weighted by Crippen LogP contribution is -2.40. The molecule has 1 aliphatic rings. The van der Waals surface area contributed by atoms with Crippen molar-refractivity contribution in [3.8, 4) is 0 Å². The molecule has 20 heavy (non-hydrogen) atoms. The smallest absolute Gasteiger partial charge is 0.255 e. The van der Waals surface area contributed by atoms with E-state index in [9.17, 15) is 9.18 Å². The highest BCUT2D eigenvalue weighted by molar-refractivity contribution is 9.10. The van der Waals surface area contributed by atoms with Crippen LogP contribution in [-0.4, -0.2) is 49.4 Å². The molecule has 1 saturated heterocycles. The number of hydrogen-bond donors (Lipinski definition) is 0. The molecule has 1 fully saturated rings. The fourth-order valence-electron chi connectivity index (χ4n) is 2.67. The van der Waals surface area contributed by atoms with Crippen LogP contribution in [0.25, 0.3) is 0 Å². The fraction of sp³-hybridized carbons (Fsp3) is 0.533. The van der Waals surface area contributed by atoms with Gasteiger partial charge in [-0.1, -0.05) is 6.07 Å². The van der Waals surface area contributed by atoms with Gasteiger partial charge in [0.2, 0.25) is 0 Å². The summed E-state index contributed by atoms with van der Waals surface area (Å²) in [5.41, 5.74) is 0.413. The van der Waals surface area contributed by atoms with Crippen molar-refractivity contribution in [2.45, 2.75) is 12.8 Å². The van der Waals surface area contributed by atoms with Crippen molar-refractivity contribution in [2.24, 2.45) is 5.92 Å². The number of benzene rings is 1. The second-order valence-electron chi connectivity index (χ2n) is 5.60. The summed E-state index contributed by atoms with van der Waals surface area (Å²) in [6.45, 7) is 2.56. The van der Waals surface area contributed by atoms with Crippen LogP contribution in [0.4, 0.5) is 4.39 Å². The zero-order valence-corrected chi connectivity index (χ0v) is 13.5. The number of halogens is 2. The van der Waals surface area contributed by atoms with Crippen LogP contribution in [-0.2, 0) is 0 Å². The molecule has 1 aromatic carbocycles. The molecule has 2 rings (SSSR count). The molecule has 1 heterocycles. The third-order valence-electron chi connectivity index (χ3n) is 3.71. The van der Waals surface area contributed by atoms with Gasteiger partial charge in [0.15, 0.2) is 0 Å². The molecule has 0 aromatic heterocycles. The maximum absolute atomic E-state index is 13.5. The van der Waals surface area contributed by atoms with E-state index in [2.05, 4.69) is 34.9 Å². The molecule has 0 aliphatic carbocycles. The number of amides is 1. The number of carbonyl (C=O) groups is 1. The second-order valence-corrected chi connectivity index (χ2v) is 6.39. The molecule has 0 radical (unpaired) electrons. The lowest BCUT2D eigenvalue weighted by atomic mass is 9.96. The first kappa shape index (κ1) is 15.4. The Morgan fingerprint density at radius 3 is 2.65 bits per heavy atom. The minimum Gasteiger partial charge on any atom is -0.339 e. The molecule has 1 aromatic rings. The van der Waals surface area contributed by atoms with Crippen LogP contribution < -0.4 is 0 Å². The van der Waals surface area contributed by atoms with E-state index >= 15 is 0 Å². The topological polar surface area (TPSA) is 23.6 Å². The predicted molar refractivity (Wildman–Crippen MR) is 81.3 cm³/mol. The van der Waals surface area contributed by atoms with Crippen molar-refractivity contribution >= 4 is 21.8 Å². The zero-order chi connectivity index (χ0) is 14.7. The first-order valence-electron chi connectivity index (χ1n) is 6.87. The molecule has 1 aliphatic heterocycles. The average molecular weight is 343 g/mol. The summed E-state index contributed by atoms with van der Waals surface area (Å²) in [6, 6.07) is 4.59. The molecular formula is C15H20BrFN2O. The summed E-state index contributed by atoms with van der Waals surface area (Å²) < 4.78 is 13.8. The van der Waals surface area contributed by atoms with Crippen LogP contribution in [0.3, 0.4) is 0 Å². The summed E-state index contributed by atoms with van der Waals surface area (Å²) in [4.78, 5) is 16.4. The number of carbonyl (C=O) groups excluding carboxylic acids is 1. The highest BCUT2D eigenvalue weighted by Crippen LogP contribution is 2.24. The van der Waals surface area contributed by atoms with Gasteiger partial charge in [-0.2, -0.15) is 0 Å². The molecule has 110 valence electrons. The largest absolute Gasteiger partial charge is 0.339 e. The quantitative estimate of drug-likeness (QED) is 0.842. The Morgan fingerprint density at radius 2 is 2.05 bits per heavy atom. The van der Waals surface area contributed by atoms with Gasteiger partial charge in [0.25, 0.3) is 5.91 Å². The predicted octanol–water partition coefficient (Wildman–Crippen LogP) is 3.00. The van der Waals surface area contributed by atoms with Crippen molar-refractivity contribution in [1.29, 1.82) is 0 Å². The number of nitrogens with zero attached hydrogens (tertiary/aromatic N) is 2. The van der Waals surface area contributed by atoms with Crippen molar-refractivity contribution in [1.82, 2.24) is 9.80 Å². The lowest BCUT2D eigenvalue weighted by Gasteiger charge is -2.33. The minimum atomic E-state index is -0.390. The third-order valence-corrected chi connectivity index (χ3v) is 4.51. The van der Waals surface area contributed by atoms with Gasteiger partial charge in [0, 0.05) is 19.6 Å². The third kappa shape index (κ3) is 3.58. The van der Waals surface area contributed by atoms with E-state index in [1.807, 2.05) is 4.90 Å². The first-order valence-corrected chi connectivity index (χ1v) is 7.66. The first-order chi connectivity index (χ1) is 9.49. The molecule has 5 heteroatoms. The Labute approximate surface area is 127 Å². The molecule has 3 nitrogen and oxygen atoms in total. The van der Waals surface area contributed by atoms with E-state index in [1.54, 1.807) is 12.1 Å². The van der Waals surface area contributed by atoms with Crippen LogP contribution in [0, 0.1) is 11.7 Å². The summed E-state index contributed by atoms with van der Waals surface area (Å²) >= 11 is 3.16. The van der Waals surface area contributed by atoms with E-state index in [0.29, 0.717) is 11.5 Å². The Balaban J connectivity index is 2.00. The van der Waals surface area contributed by atoms with Crippen LogP contribution in [0.5, 0.6) is 0 Å². The van der Waals surface area contributed by atoms with Crippen molar-refractivity contribution in [3.05, 3.63) is 34.1 Å². The SMILES string of the molecule is CN(C)CC1CCN(C(=O)c2cccc(F)c2Br)CC1. The zero-order valence-electron chi connectivity index (χ0n) is 11.9.